The number of methoxy groups -OCH3 is 1. The smallest absolute Gasteiger partial charge is 0.337 e. The summed E-state index contributed by atoms with van der Waals surface area (Å²) >= 11 is 2.43. The van der Waals surface area contributed by atoms with Gasteiger partial charge in [-0.1, -0.05) is 12.1 Å². The minimum Gasteiger partial charge on any atom is -0.465 e. The van der Waals surface area contributed by atoms with E-state index in [2.05, 4.69) is 58.2 Å². The van der Waals surface area contributed by atoms with Crippen LogP contribution in [0.3, 0.4) is 0 Å². The average molecular weight is 459 g/mol. The molecule has 2 aromatic rings. The summed E-state index contributed by atoms with van der Waals surface area (Å²) in [5.41, 5.74) is 4.72. The van der Waals surface area contributed by atoms with Gasteiger partial charge in [0, 0.05) is 9.26 Å². The van der Waals surface area contributed by atoms with Crippen molar-refractivity contribution >= 4 is 34.2 Å². The van der Waals surface area contributed by atoms with Crippen molar-refractivity contribution in [1.29, 1.82) is 0 Å². The fourth-order valence-corrected chi connectivity index (χ4v) is 6.25. The van der Waals surface area contributed by atoms with Crippen LogP contribution < -0.4 is 5.32 Å². The number of carbonyl (C=O) groups excluding carboxylic acids is 1. The summed E-state index contributed by atoms with van der Waals surface area (Å²) in [6.07, 6.45) is 4.12. The summed E-state index contributed by atoms with van der Waals surface area (Å²) in [5.74, 6) is 2.70. The molecule has 2 aliphatic carbocycles. The minimum absolute atomic E-state index is 0.272. The Kier molecular flexibility index (Phi) is 3.99. The number of esters is 1. The number of rotatable bonds is 2. The Hall–Kier alpha value is -1.56. The Morgan fingerprint density at radius 2 is 1.88 bits per heavy atom. The number of carbonyl (C=O) groups is 1. The van der Waals surface area contributed by atoms with Crippen molar-refractivity contribution in [3.63, 3.8) is 0 Å². The largest absolute Gasteiger partial charge is 0.465 e. The van der Waals surface area contributed by atoms with Crippen LogP contribution in [0, 0.1) is 21.3 Å². The maximum Gasteiger partial charge on any atom is 0.337 e. The van der Waals surface area contributed by atoms with Crippen LogP contribution in [0.15, 0.2) is 42.5 Å². The van der Waals surface area contributed by atoms with Gasteiger partial charge in [0.25, 0.3) is 0 Å². The number of benzene rings is 2. The van der Waals surface area contributed by atoms with Crippen LogP contribution in [0.2, 0.25) is 0 Å². The van der Waals surface area contributed by atoms with Crippen LogP contribution in [-0.2, 0) is 4.74 Å². The molecule has 1 aliphatic heterocycles. The summed E-state index contributed by atoms with van der Waals surface area (Å²) in [7, 11) is 1.43. The van der Waals surface area contributed by atoms with E-state index in [-0.39, 0.29) is 5.97 Å². The summed E-state index contributed by atoms with van der Waals surface area (Å²) in [6, 6.07) is 15.2. The highest BCUT2D eigenvalue weighted by molar-refractivity contribution is 14.1. The Balaban J connectivity index is 1.55. The van der Waals surface area contributed by atoms with Crippen molar-refractivity contribution < 1.29 is 9.53 Å². The molecule has 1 heterocycles. The van der Waals surface area contributed by atoms with E-state index in [0.717, 1.165) is 11.8 Å². The topological polar surface area (TPSA) is 38.3 Å². The average Bonchev–Trinajstić information content (AvgIpc) is 3.29. The van der Waals surface area contributed by atoms with E-state index >= 15 is 0 Å². The molecular formula is C22H22INO2. The predicted octanol–water partition coefficient (Wildman–Crippen LogP) is 5.37. The fourth-order valence-electron chi connectivity index (χ4n) is 5.73. The summed E-state index contributed by atoms with van der Waals surface area (Å²) in [4.78, 5) is 11.7. The molecule has 5 atom stereocenters. The monoisotopic (exact) mass is 459 g/mol. The van der Waals surface area contributed by atoms with Crippen LogP contribution in [0.5, 0.6) is 0 Å². The summed E-state index contributed by atoms with van der Waals surface area (Å²) < 4.78 is 6.16. The van der Waals surface area contributed by atoms with E-state index in [0.29, 0.717) is 23.4 Å². The molecule has 5 rings (SSSR count). The van der Waals surface area contributed by atoms with Gasteiger partial charge < -0.3 is 10.1 Å². The lowest BCUT2D eigenvalue weighted by Gasteiger charge is -2.43. The molecule has 3 nitrogen and oxygen atoms in total. The van der Waals surface area contributed by atoms with Gasteiger partial charge >= 0.3 is 5.97 Å². The molecule has 0 amide bonds. The van der Waals surface area contributed by atoms with Gasteiger partial charge in [-0.15, -0.1) is 0 Å². The second-order valence-electron chi connectivity index (χ2n) is 7.90. The van der Waals surface area contributed by atoms with Gasteiger partial charge in [-0.25, -0.2) is 4.79 Å². The van der Waals surface area contributed by atoms with Gasteiger partial charge in [0.15, 0.2) is 0 Å². The molecule has 134 valence electrons. The third-order valence-electron chi connectivity index (χ3n) is 6.74. The molecule has 0 spiro atoms. The van der Waals surface area contributed by atoms with E-state index in [1.54, 1.807) is 0 Å². The molecule has 1 N–H and O–H groups in total. The van der Waals surface area contributed by atoms with Crippen LogP contribution in [0.4, 0.5) is 5.69 Å². The van der Waals surface area contributed by atoms with Gasteiger partial charge in [-0.3, -0.25) is 0 Å². The third kappa shape index (κ3) is 2.48. The zero-order valence-corrected chi connectivity index (χ0v) is 16.9. The van der Waals surface area contributed by atoms with E-state index in [1.165, 1.54) is 46.8 Å². The Labute approximate surface area is 167 Å². The molecule has 2 bridgehead atoms. The summed E-state index contributed by atoms with van der Waals surface area (Å²) in [5, 5.41) is 3.84. The number of anilines is 1. The molecule has 0 unspecified atom stereocenters. The molecule has 2 saturated carbocycles. The lowest BCUT2D eigenvalue weighted by molar-refractivity contribution is 0.0600. The first-order chi connectivity index (χ1) is 12.7. The van der Waals surface area contributed by atoms with Gasteiger partial charge in [0.2, 0.25) is 0 Å². The molecule has 2 fully saturated rings. The molecule has 2 aromatic carbocycles. The van der Waals surface area contributed by atoms with Crippen molar-refractivity contribution in [3.05, 3.63) is 62.7 Å². The normalized spacial score (nSPS) is 31.1. The summed E-state index contributed by atoms with van der Waals surface area (Å²) in [6.45, 7) is 0. The van der Waals surface area contributed by atoms with E-state index in [1.807, 2.05) is 12.1 Å². The third-order valence-corrected chi connectivity index (χ3v) is 7.41. The van der Waals surface area contributed by atoms with Crippen LogP contribution in [0.25, 0.3) is 0 Å². The highest BCUT2D eigenvalue weighted by atomic mass is 127. The number of hydrogen-bond acceptors (Lipinski definition) is 3. The minimum atomic E-state index is -0.272. The predicted molar refractivity (Wildman–Crippen MR) is 110 cm³/mol. The molecule has 0 aromatic heterocycles. The molecule has 3 aliphatic rings. The van der Waals surface area contributed by atoms with Crippen LogP contribution >= 0.6 is 22.6 Å². The van der Waals surface area contributed by atoms with Crippen molar-refractivity contribution in [1.82, 2.24) is 0 Å². The van der Waals surface area contributed by atoms with Crippen LogP contribution in [0.1, 0.15) is 52.7 Å². The van der Waals surface area contributed by atoms with Gasteiger partial charge in [-0.2, -0.15) is 0 Å². The number of halogens is 1. The fraction of sp³-hybridized carbons (Fsp3) is 0.409. The highest BCUT2D eigenvalue weighted by Crippen LogP contribution is 2.63. The van der Waals surface area contributed by atoms with E-state index in [4.69, 9.17) is 4.74 Å². The van der Waals surface area contributed by atoms with Gasteiger partial charge in [0.1, 0.15) is 0 Å². The Bertz CT molecular complexity index is 863. The van der Waals surface area contributed by atoms with Crippen molar-refractivity contribution in [2.75, 3.05) is 12.4 Å². The zero-order chi connectivity index (χ0) is 17.8. The molecule has 0 saturated heterocycles. The van der Waals surface area contributed by atoms with Crippen molar-refractivity contribution in [3.8, 4) is 0 Å². The quantitative estimate of drug-likeness (QED) is 0.485. The second kappa shape index (κ2) is 6.25. The Morgan fingerprint density at radius 3 is 2.65 bits per heavy atom. The van der Waals surface area contributed by atoms with Crippen molar-refractivity contribution in [2.24, 2.45) is 17.8 Å². The maximum atomic E-state index is 11.7. The SMILES string of the molecule is COC(=O)c1ccc([C@@H]2Nc3ccc(I)cc3[C@@H]3[C@H]4CC[C@@H](C4)[C@H]32)cc1. The molecule has 26 heavy (non-hydrogen) atoms. The number of ether oxygens (including phenoxy) is 1. The first-order valence-corrected chi connectivity index (χ1v) is 10.5. The Morgan fingerprint density at radius 1 is 1.12 bits per heavy atom. The van der Waals surface area contributed by atoms with E-state index < -0.39 is 0 Å². The lowest BCUT2D eigenvalue weighted by Crippen LogP contribution is -2.35. The maximum absolute atomic E-state index is 11.7. The number of fused-ring (bicyclic) bond motifs is 7. The highest BCUT2D eigenvalue weighted by Gasteiger charge is 2.53. The number of hydrogen-bond donors (Lipinski definition) is 1. The lowest BCUT2D eigenvalue weighted by atomic mass is 9.68. The second-order valence-corrected chi connectivity index (χ2v) is 9.15. The molecular weight excluding hydrogens is 437 g/mol. The van der Waals surface area contributed by atoms with E-state index in [9.17, 15) is 4.79 Å². The van der Waals surface area contributed by atoms with Crippen molar-refractivity contribution in [2.45, 2.75) is 31.2 Å². The zero-order valence-electron chi connectivity index (χ0n) is 14.7. The van der Waals surface area contributed by atoms with Gasteiger partial charge in [0.05, 0.1) is 18.7 Å². The number of nitrogens with one attached hydrogen (secondary N) is 1. The standard InChI is InChI=1S/C22H22INO2/c1-26-22(25)13-4-2-12(3-5-13)21-20-15-7-6-14(10-15)19(20)17-11-16(23)8-9-18(17)24-21/h2-5,8-9,11,14-15,19-21,24H,6-7,10H2,1H3/t14-,15-,19-,20+,21-/m0/s1. The first kappa shape index (κ1) is 16.6. The van der Waals surface area contributed by atoms with Crippen LogP contribution in [-0.4, -0.2) is 13.1 Å². The molecule has 0 radical (unpaired) electrons. The molecule has 4 heteroatoms. The van der Waals surface area contributed by atoms with Gasteiger partial charge in [-0.05, 0) is 107 Å². The first-order valence-electron chi connectivity index (χ1n) is 9.40.